The average molecular weight is 230 g/mol. The topological polar surface area (TPSA) is 61.3 Å². The second kappa shape index (κ2) is 4.87. The quantitative estimate of drug-likeness (QED) is 0.774. The molecule has 0 saturated heterocycles. The molecule has 1 heterocycles. The van der Waals surface area contributed by atoms with Gasteiger partial charge in [0.05, 0.1) is 5.60 Å². The van der Waals surface area contributed by atoms with Gasteiger partial charge in [-0.2, -0.15) is 0 Å². The van der Waals surface area contributed by atoms with Gasteiger partial charge >= 0.3 is 0 Å². The molecule has 0 aromatic carbocycles. The van der Waals surface area contributed by atoms with E-state index in [4.69, 9.17) is 0 Å². The number of nitrogens with zero attached hydrogens (tertiary/aromatic N) is 3. The highest BCUT2D eigenvalue weighted by molar-refractivity contribution is 7.15. The van der Waals surface area contributed by atoms with Gasteiger partial charge in [0.1, 0.15) is 5.01 Å². The zero-order valence-corrected chi connectivity index (χ0v) is 10.4. The molecule has 0 radical (unpaired) electrons. The van der Waals surface area contributed by atoms with Gasteiger partial charge in [-0.25, -0.2) is 0 Å². The molecule has 0 spiro atoms. The van der Waals surface area contributed by atoms with Crippen LogP contribution in [0.4, 0.5) is 5.13 Å². The summed E-state index contributed by atoms with van der Waals surface area (Å²) in [6.45, 7) is 4.78. The van der Waals surface area contributed by atoms with E-state index in [-0.39, 0.29) is 0 Å². The van der Waals surface area contributed by atoms with E-state index in [0.717, 1.165) is 10.1 Å². The Morgan fingerprint density at radius 1 is 1.47 bits per heavy atom. The van der Waals surface area contributed by atoms with Crippen LogP contribution in [-0.4, -0.2) is 53.0 Å². The highest BCUT2D eigenvalue weighted by Crippen LogP contribution is 2.15. The van der Waals surface area contributed by atoms with E-state index in [1.807, 2.05) is 25.9 Å². The molecule has 86 valence electrons. The Morgan fingerprint density at radius 3 is 2.60 bits per heavy atom. The fourth-order valence-corrected chi connectivity index (χ4v) is 1.96. The molecule has 0 saturated carbocycles. The summed E-state index contributed by atoms with van der Waals surface area (Å²) in [5.74, 6) is 0. The van der Waals surface area contributed by atoms with Crippen LogP contribution in [-0.2, 0) is 0 Å². The largest absolute Gasteiger partial charge is 0.387 e. The molecule has 1 unspecified atom stereocenters. The SMILES string of the molecule is Cc1nnc(NCC(C)(O)CN(C)C)s1. The van der Waals surface area contributed by atoms with Crippen LogP contribution in [0.1, 0.15) is 11.9 Å². The predicted molar refractivity (Wildman–Crippen MR) is 62.3 cm³/mol. The van der Waals surface area contributed by atoms with Gasteiger partial charge in [0.2, 0.25) is 5.13 Å². The summed E-state index contributed by atoms with van der Waals surface area (Å²) in [7, 11) is 3.87. The Balaban J connectivity index is 2.42. The van der Waals surface area contributed by atoms with Crippen molar-refractivity contribution in [3.05, 3.63) is 5.01 Å². The predicted octanol–water partition coefficient (Wildman–Crippen LogP) is 0.571. The van der Waals surface area contributed by atoms with Gasteiger partial charge in [-0.05, 0) is 27.9 Å². The number of aromatic nitrogens is 2. The van der Waals surface area contributed by atoms with Crippen molar-refractivity contribution in [1.29, 1.82) is 0 Å². The molecule has 1 rings (SSSR count). The van der Waals surface area contributed by atoms with E-state index in [1.54, 1.807) is 6.92 Å². The first kappa shape index (κ1) is 12.4. The molecule has 0 aliphatic carbocycles. The van der Waals surface area contributed by atoms with Gasteiger partial charge in [-0.1, -0.05) is 11.3 Å². The van der Waals surface area contributed by atoms with Crippen LogP contribution in [0, 0.1) is 6.92 Å². The standard InChI is InChI=1S/C9H18N4OS/c1-7-11-12-8(15-7)10-5-9(2,14)6-13(3)4/h14H,5-6H2,1-4H3,(H,10,12). The van der Waals surface area contributed by atoms with E-state index in [9.17, 15) is 5.11 Å². The minimum Gasteiger partial charge on any atom is -0.387 e. The zero-order valence-electron chi connectivity index (χ0n) is 9.61. The maximum absolute atomic E-state index is 10.0. The molecule has 1 aromatic heterocycles. The minimum absolute atomic E-state index is 0.472. The van der Waals surface area contributed by atoms with Crippen molar-refractivity contribution in [2.45, 2.75) is 19.4 Å². The molecule has 0 bridgehead atoms. The van der Waals surface area contributed by atoms with Crippen molar-refractivity contribution in [1.82, 2.24) is 15.1 Å². The van der Waals surface area contributed by atoms with Crippen molar-refractivity contribution >= 4 is 16.5 Å². The monoisotopic (exact) mass is 230 g/mol. The first-order valence-corrected chi connectivity index (χ1v) is 5.62. The molecule has 0 aliphatic heterocycles. The van der Waals surface area contributed by atoms with Gasteiger partial charge in [-0.3, -0.25) is 0 Å². The van der Waals surface area contributed by atoms with E-state index in [2.05, 4.69) is 15.5 Å². The summed E-state index contributed by atoms with van der Waals surface area (Å²) in [5, 5.41) is 22.6. The van der Waals surface area contributed by atoms with Crippen LogP contribution < -0.4 is 5.32 Å². The molecule has 2 N–H and O–H groups in total. The normalized spacial score (nSPS) is 15.3. The van der Waals surface area contributed by atoms with Gasteiger partial charge in [-0.15, -0.1) is 10.2 Å². The van der Waals surface area contributed by atoms with Crippen molar-refractivity contribution in [2.75, 3.05) is 32.5 Å². The lowest BCUT2D eigenvalue weighted by atomic mass is 10.1. The Labute approximate surface area is 94.1 Å². The fourth-order valence-electron chi connectivity index (χ4n) is 1.37. The van der Waals surface area contributed by atoms with Crippen molar-refractivity contribution in [3.8, 4) is 0 Å². The van der Waals surface area contributed by atoms with E-state index >= 15 is 0 Å². The van der Waals surface area contributed by atoms with Gasteiger partial charge in [0.15, 0.2) is 0 Å². The molecular formula is C9H18N4OS. The Bertz CT molecular complexity index is 311. The summed E-state index contributed by atoms with van der Waals surface area (Å²) in [5.41, 5.74) is -0.761. The summed E-state index contributed by atoms with van der Waals surface area (Å²) >= 11 is 1.49. The zero-order chi connectivity index (χ0) is 11.5. The summed E-state index contributed by atoms with van der Waals surface area (Å²) in [6, 6.07) is 0. The van der Waals surface area contributed by atoms with Crippen molar-refractivity contribution < 1.29 is 5.11 Å². The van der Waals surface area contributed by atoms with Gasteiger partial charge in [0.25, 0.3) is 0 Å². The van der Waals surface area contributed by atoms with Crippen LogP contribution in [0.2, 0.25) is 0 Å². The maximum atomic E-state index is 10.0. The number of likely N-dealkylation sites (N-methyl/N-ethyl adjacent to an activating group) is 1. The Kier molecular flexibility index (Phi) is 4.01. The molecule has 15 heavy (non-hydrogen) atoms. The van der Waals surface area contributed by atoms with Crippen molar-refractivity contribution in [3.63, 3.8) is 0 Å². The number of aliphatic hydroxyl groups is 1. The molecule has 1 atom stereocenters. The summed E-state index contributed by atoms with van der Waals surface area (Å²) in [6.07, 6.45) is 0. The number of hydrogen-bond donors (Lipinski definition) is 2. The lowest BCUT2D eigenvalue weighted by molar-refractivity contribution is 0.0459. The first-order valence-electron chi connectivity index (χ1n) is 4.80. The lowest BCUT2D eigenvalue weighted by Gasteiger charge is -2.26. The van der Waals surface area contributed by atoms with E-state index in [0.29, 0.717) is 13.1 Å². The number of hydrogen-bond acceptors (Lipinski definition) is 6. The first-order chi connectivity index (χ1) is 6.89. The van der Waals surface area contributed by atoms with Crippen LogP contribution in [0.15, 0.2) is 0 Å². The van der Waals surface area contributed by atoms with Crippen LogP contribution in [0.5, 0.6) is 0 Å². The van der Waals surface area contributed by atoms with Crippen LogP contribution >= 0.6 is 11.3 Å². The summed E-state index contributed by atoms with van der Waals surface area (Å²) < 4.78 is 0. The molecular weight excluding hydrogens is 212 g/mol. The van der Waals surface area contributed by atoms with Gasteiger partial charge in [0, 0.05) is 13.1 Å². The number of aryl methyl sites for hydroxylation is 1. The van der Waals surface area contributed by atoms with E-state index in [1.165, 1.54) is 11.3 Å². The number of nitrogens with one attached hydrogen (secondary N) is 1. The molecule has 5 nitrogen and oxygen atoms in total. The Hall–Kier alpha value is -0.720. The molecule has 0 fully saturated rings. The van der Waals surface area contributed by atoms with E-state index < -0.39 is 5.60 Å². The highest BCUT2D eigenvalue weighted by atomic mass is 32.1. The second-order valence-corrected chi connectivity index (χ2v) is 5.40. The summed E-state index contributed by atoms with van der Waals surface area (Å²) in [4.78, 5) is 1.95. The second-order valence-electron chi connectivity index (χ2n) is 4.21. The van der Waals surface area contributed by atoms with Crippen LogP contribution in [0.3, 0.4) is 0 Å². The van der Waals surface area contributed by atoms with Crippen LogP contribution in [0.25, 0.3) is 0 Å². The number of rotatable bonds is 5. The minimum atomic E-state index is -0.761. The van der Waals surface area contributed by atoms with Gasteiger partial charge < -0.3 is 15.3 Å². The average Bonchev–Trinajstić information content (AvgIpc) is 2.46. The molecule has 1 aromatic rings. The number of anilines is 1. The fraction of sp³-hybridized carbons (Fsp3) is 0.778. The highest BCUT2D eigenvalue weighted by Gasteiger charge is 2.21. The third-order valence-corrected chi connectivity index (χ3v) is 2.60. The molecule has 0 aliphatic rings. The third-order valence-electron chi connectivity index (χ3n) is 1.80. The third kappa shape index (κ3) is 4.55. The molecule has 6 heteroatoms. The maximum Gasteiger partial charge on any atom is 0.205 e. The smallest absolute Gasteiger partial charge is 0.205 e. The molecule has 0 amide bonds. The lowest BCUT2D eigenvalue weighted by Crippen LogP contribution is -2.43. The van der Waals surface area contributed by atoms with Crippen molar-refractivity contribution in [2.24, 2.45) is 0 Å². The Morgan fingerprint density at radius 2 is 2.13 bits per heavy atom.